The average Bonchev–Trinajstić information content (AvgIpc) is 2.52. The molecule has 1 aromatic carbocycles. The molecule has 2 rings (SSSR count). The number of hydrogen-bond acceptors (Lipinski definition) is 2. The van der Waals surface area contributed by atoms with Crippen LogP contribution >= 0.6 is 0 Å². The van der Waals surface area contributed by atoms with Crippen LogP contribution in [0.15, 0.2) is 18.2 Å². The predicted octanol–water partition coefficient (Wildman–Crippen LogP) is 1.16. The summed E-state index contributed by atoms with van der Waals surface area (Å²) in [6.45, 7) is 1.44. The molecule has 1 heterocycles. The number of benzene rings is 1. The highest BCUT2D eigenvalue weighted by Crippen LogP contribution is 2.22. The van der Waals surface area contributed by atoms with E-state index in [0.717, 1.165) is 30.5 Å². The lowest BCUT2D eigenvalue weighted by Crippen LogP contribution is -2.17. The SMILES string of the molecule is CN1Cc2ccc(CCCN)cc2C1=O. The van der Waals surface area contributed by atoms with E-state index in [1.807, 2.05) is 13.1 Å². The van der Waals surface area contributed by atoms with E-state index in [4.69, 9.17) is 5.73 Å². The minimum absolute atomic E-state index is 0.139. The summed E-state index contributed by atoms with van der Waals surface area (Å²) in [5.41, 5.74) is 8.68. The molecule has 80 valence electrons. The summed E-state index contributed by atoms with van der Waals surface area (Å²) in [4.78, 5) is 13.5. The Morgan fingerprint density at radius 1 is 1.47 bits per heavy atom. The van der Waals surface area contributed by atoms with Gasteiger partial charge in [-0.05, 0) is 36.6 Å². The van der Waals surface area contributed by atoms with Crippen molar-refractivity contribution in [3.05, 3.63) is 34.9 Å². The fraction of sp³-hybridized carbons (Fsp3) is 0.417. The second-order valence-electron chi connectivity index (χ2n) is 4.04. The van der Waals surface area contributed by atoms with Crippen molar-refractivity contribution in [1.82, 2.24) is 4.90 Å². The lowest BCUT2D eigenvalue weighted by molar-refractivity contribution is 0.0816. The van der Waals surface area contributed by atoms with Crippen LogP contribution in [0.2, 0.25) is 0 Å². The first-order chi connectivity index (χ1) is 7.22. The quantitative estimate of drug-likeness (QED) is 0.803. The molecule has 0 atom stereocenters. The molecule has 3 heteroatoms. The fourth-order valence-corrected chi connectivity index (χ4v) is 1.96. The average molecular weight is 204 g/mol. The van der Waals surface area contributed by atoms with Crippen LogP contribution in [0.5, 0.6) is 0 Å². The maximum atomic E-state index is 11.7. The number of fused-ring (bicyclic) bond motifs is 1. The van der Waals surface area contributed by atoms with Gasteiger partial charge in [-0.2, -0.15) is 0 Å². The monoisotopic (exact) mass is 204 g/mol. The molecular formula is C12H16N2O. The third-order valence-electron chi connectivity index (χ3n) is 2.83. The largest absolute Gasteiger partial charge is 0.337 e. The summed E-state index contributed by atoms with van der Waals surface area (Å²) in [6.07, 6.45) is 1.93. The van der Waals surface area contributed by atoms with Crippen molar-refractivity contribution in [3.8, 4) is 0 Å². The number of amides is 1. The predicted molar refractivity (Wildman–Crippen MR) is 59.6 cm³/mol. The zero-order valence-electron chi connectivity index (χ0n) is 8.99. The van der Waals surface area contributed by atoms with Crippen molar-refractivity contribution in [2.45, 2.75) is 19.4 Å². The van der Waals surface area contributed by atoms with Gasteiger partial charge in [0.15, 0.2) is 0 Å². The third-order valence-corrected chi connectivity index (χ3v) is 2.83. The number of carbonyl (C=O) groups excluding carboxylic acids is 1. The Morgan fingerprint density at radius 3 is 3.00 bits per heavy atom. The van der Waals surface area contributed by atoms with E-state index in [1.54, 1.807) is 4.90 Å². The Labute approximate surface area is 89.9 Å². The van der Waals surface area contributed by atoms with Crippen LogP contribution in [-0.2, 0) is 13.0 Å². The van der Waals surface area contributed by atoms with Crippen molar-refractivity contribution in [3.63, 3.8) is 0 Å². The summed E-state index contributed by atoms with van der Waals surface area (Å²) >= 11 is 0. The van der Waals surface area contributed by atoms with Crippen LogP contribution in [-0.4, -0.2) is 24.4 Å². The van der Waals surface area contributed by atoms with E-state index < -0.39 is 0 Å². The zero-order chi connectivity index (χ0) is 10.8. The second kappa shape index (κ2) is 4.03. The van der Waals surface area contributed by atoms with Gasteiger partial charge in [0.25, 0.3) is 5.91 Å². The van der Waals surface area contributed by atoms with E-state index in [9.17, 15) is 4.79 Å². The van der Waals surface area contributed by atoms with Crippen molar-refractivity contribution in [1.29, 1.82) is 0 Å². The summed E-state index contributed by atoms with van der Waals surface area (Å²) in [7, 11) is 1.84. The number of hydrogen-bond donors (Lipinski definition) is 1. The van der Waals surface area contributed by atoms with Gasteiger partial charge in [-0.25, -0.2) is 0 Å². The van der Waals surface area contributed by atoms with E-state index in [1.165, 1.54) is 5.56 Å². The van der Waals surface area contributed by atoms with Crippen molar-refractivity contribution < 1.29 is 4.79 Å². The Bertz CT molecular complexity index is 387. The fourth-order valence-electron chi connectivity index (χ4n) is 1.96. The van der Waals surface area contributed by atoms with Gasteiger partial charge in [0, 0.05) is 19.2 Å². The molecule has 0 unspecified atom stereocenters. The smallest absolute Gasteiger partial charge is 0.254 e. The van der Waals surface area contributed by atoms with Gasteiger partial charge >= 0.3 is 0 Å². The molecule has 0 bridgehead atoms. The maximum absolute atomic E-state index is 11.7. The molecule has 1 amide bonds. The van der Waals surface area contributed by atoms with Gasteiger partial charge in [0.2, 0.25) is 0 Å². The third kappa shape index (κ3) is 1.88. The first kappa shape index (κ1) is 10.2. The van der Waals surface area contributed by atoms with Gasteiger partial charge in [-0.1, -0.05) is 12.1 Å². The lowest BCUT2D eigenvalue weighted by atomic mass is 10.0. The number of carbonyl (C=O) groups is 1. The molecule has 0 aromatic heterocycles. The van der Waals surface area contributed by atoms with Gasteiger partial charge in [0.05, 0.1) is 0 Å². The Morgan fingerprint density at radius 2 is 2.27 bits per heavy atom. The normalized spacial score (nSPS) is 14.5. The molecule has 0 aliphatic carbocycles. The van der Waals surface area contributed by atoms with E-state index in [0.29, 0.717) is 6.54 Å². The topological polar surface area (TPSA) is 46.3 Å². The van der Waals surface area contributed by atoms with Gasteiger partial charge in [-0.15, -0.1) is 0 Å². The molecule has 0 saturated heterocycles. The molecular weight excluding hydrogens is 188 g/mol. The summed E-state index contributed by atoms with van der Waals surface area (Å²) in [6, 6.07) is 6.17. The molecule has 0 spiro atoms. The Kier molecular flexibility index (Phi) is 2.73. The van der Waals surface area contributed by atoms with Crippen molar-refractivity contribution in [2.24, 2.45) is 5.73 Å². The molecule has 0 saturated carbocycles. The van der Waals surface area contributed by atoms with Crippen LogP contribution in [0.4, 0.5) is 0 Å². The molecule has 0 fully saturated rings. The highest BCUT2D eigenvalue weighted by Gasteiger charge is 2.23. The van der Waals surface area contributed by atoms with Gasteiger partial charge in [-0.3, -0.25) is 4.79 Å². The Hall–Kier alpha value is -1.35. The van der Waals surface area contributed by atoms with Crippen LogP contribution in [0, 0.1) is 0 Å². The standard InChI is InChI=1S/C12H16N2O/c1-14-8-10-5-4-9(3-2-6-13)7-11(10)12(14)15/h4-5,7H,2-3,6,8,13H2,1H3. The molecule has 0 radical (unpaired) electrons. The van der Waals surface area contributed by atoms with Gasteiger partial charge in [0.1, 0.15) is 0 Å². The molecule has 3 nitrogen and oxygen atoms in total. The number of aryl methyl sites for hydroxylation is 1. The molecule has 1 aliphatic rings. The minimum Gasteiger partial charge on any atom is -0.337 e. The second-order valence-corrected chi connectivity index (χ2v) is 4.04. The number of nitrogens with two attached hydrogens (primary N) is 1. The first-order valence-electron chi connectivity index (χ1n) is 5.29. The van der Waals surface area contributed by atoms with Crippen molar-refractivity contribution in [2.75, 3.05) is 13.6 Å². The Balaban J connectivity index is 2.23. The van der Waals surface area contributed by atoms with Crippen LogP contribution < -0.4 is 5.73 Å². The highest BCUT2D eigenvalue weighted by molar-refractivity contribution is 5.98. The van der Waals surface area contributed by atoms with Crippen LogP contribution in [0.3, 0.4) is 0 Å². The minimum atomic E-state index is 0.139. The highest BCUT2D eigenvalue weighted by atomic mass is 16.2. The molecule has 1 aliphatic heterocycles. The number of rotatable bonds is 3. The van der Waals surface area contributed by atoms with E-state index in [2.05, 4.69) is 12.1 Å². The molecule has 1 aromatic rings. The van der Waals surface area contributed by atoms with E-state index in [-0.39, 0.29) is 5.91 Å². The van der Waals surface area contributed by atoms with Crippen LogP contribution in [0.25, 0.3) is 0 Å². The molecule has 15 heavy (non-hydrogen) atoms. The van der Waals surface area contributed by atoms with E-state index >= 15 is 0 Å². The molecule has 2 N–H and O–H groups in total. The van der Waals surface area contributed by atoms with Crippen LogP contribution in [0.1, 0.15) is 27.9 Å². The summed E-state index contributed by atoms with van der Waals surface area (Å²) < 4.78 is 0. The zero-order valence-corrected chi connectivity index (χ0v) is 8.99. The summed E-state index contributed by atoms with van der Waals surface area (Å²) in [5.74, 6) is 0.139. The maximum Gasteiger partial charge on any atom is 0.254 e. The summed E-state index contributed by atoms with van der Waals surface area (Å²) in [5, 5.41) is 0. The number of nitrogens with zero attached hydrogens (tertiary/aromatic N) is 1. The van der Waals surface area contributed by atoms with Gasteiger partial charge < -0.3 is 10.6 Å². The lowest BCUT2D eigenvalue weighted by Gasteiger charge is -2.04. The first-order valence-corrected chi connectivity index (χ1v) is 5.29. The van der Waals surface area contributed by atoms with Crippen molar-refractivity contribution >= 4 is 5.91 Å².